The number of furan rings is 1. The molecule has 1 amide bonds. The highest BCUT2D eigenvalue weighted by atomic mass is 79.9. The maximum Gasteiger partial charge on any atom is 0.418 e. The summed E-state index contributed by atoms with van der Waals surface area (Å²) in [6.45, 7) is 0.890. The van der Waals surface area contributed by atoms with Crippen LogP contribution in [0.2, 0.25) is 0 Å². The Kier molecular flexibility index (Phi) is 5.44. The summed E-state index contributed by atoms with van der Waals surface area (Å²) < 4.78 is 12.1. The number of hydrogen-bond donors (Lipinski definition) is 0. The van der Waals surface area contributed by atoms with Crippen LogP contribution in [-0.4, -0.2) is 11.0 Å². The van der Waals surface area contributed by atoms with Gasteiger partial charge in [0.1, 0.15) is 5.58 Å². The molecule has 28 heavy (non-hydrogen) atoms. The molecule has 140 valence electrons. The van der Waals surface area contributed by atoms with E-state index in [1.165, 1.54) is 0 Å². The number of carbonyl (C=O) groups is 1. The molecular formula is C23H18BrNO3. The number of amides is 1. The van der Waals surface area contributed by atoms with Crippen LogP contribution in [0.15, 0.2) is 93.8 Å². The lowest BCUT2D eigenvalue weighted by Crippen LogP contribution is -2.32. The Bertz CT molecular complexity index is 1040. The van der Waals surface area contributed by atoms with Crippen molar-refractivity contribution in [3.05, 3.63) is 101 Å². The second-order valence-corrected chi connectivity index (χ2v) is 7.36. The van der Waals surface area contributed by atoms with Gasteiger partial charge in [0.25, 0.3) is 5.95 Å². The first kappa shape index (κ1) is 18.3. The zero-order valence-corrected chi connectivity index (χ0v) is 16.6. The van der Waals surface area contributed by atoms with Gasteiger partial charge in [-0.1, -0.05) is 76.6 Å². The molecule has 4 rings (SSSR count). The van der Waals surface area contributed by atoms with Gasteiger partial charge in [0.15, 0.2) is 0 Å². The third-order valence-electron chi connectivity index (χ3n) is 4.33. The molecule has 1 aromatic heterocycles. The molecule has 4 nitrogen and oxygen atoms in total. The summed E-state index contributed by atoms with van der Waals surface area (Å²) in [5, 5.41) is 0.870. The molecule has 0 atom stereocenters. The molecule has 0 fully saturated rings. The number of rotatable bonds is 5. The molecule has 0 bridgehead atoms. The van der Waals surface area contributed by atoms with Crippen molar-refractivity contribution < 1.29 is 13.9 Å². The average molecular weight is 436 g/mol. The summed E-state index contributed by atoms with van der Waals surface area (Å²) in [6.07, 6.45) is -0.453. The molecule has 0 unspecified atom stereocenters. The molecule has 0 saturated heterocycles. The molecule has 0 aliphatic rings. The van der Waals surface area contributed by atoms with Crippen LogP contribution in [0.5, 0.6) is 5.95 Å². The predicted molar refractivity (Wildman–Crippen MR) is 112 cm³/mol. The quantitative estimate of drug-likeness (QED) is 0.364. The number of halogens is 1. The van der Waals surface area contributed by atoms with Gasteiger partial charge in [-0.05, 0) is 29.3 Å². The minimum absolute atomic E-state index is 0.184. The van der Waals surface area contributed by atoms with E-state index in [9.17, 15) is 4.79 Å². The second-order valence-electron chi connectivity index (χ2n) is 6.44. The van der Waals surface area contributed by atoms with Crippen molar-refractivity contribution in [2.45, 2.75) is 13.1 Å². The van der Waals surface area contributed by atoms with Crippen molar-refractivity contribution in [3.63, 3.8) is 0 Å². The Morgan fingerprint density at radius 2 is 1.46 bits per heavy atom. The Labute approximate surface area is 171 Å². The summed E-state index contributed by atoms with van der Waals surface area (Å²) in [4.78, 5) is 14.6. The van der Waals surface area contributed by atoms with Crippen molar-refractivity contribution >= 4 is 33.0 Å². The number of ether oxygens (including phenoxy) is 1. The third kappa shape index (κ3) is 4.43. The van der Waals surface area contributed by atoms with Crippen LogP contribution in [0.25, 0.3) is 11.0 Å². The maximum absolute atomic E-state index is 12.9. The Morgan fingerprint density at radius 1 is 0.857 bits per heavy atom. The molecule has 0 aliphatic heterocycles. The van der Waals surface area contributed by atoms with Crippen LogP contribution >= 0.6 is 15.9 Å². The summed E-state index contributed by atoms with van der Waals surface area (Å²) in [5.41, 5.74) is 2.73. The van der Waals surface area contributed by atoms with E-state index in [4.69, 9.17) is 9.15 Å². The van der Waals surface area contributed by atoms with Crippen LogP contribution < -0.4 is 4.74 Å². The van der Waals surface area contributed by atoms with Crippen molar-refractivity contribution in [3.8, 4) is 5.95 Å². The summed E-state index contributed by atoms with van der Waals surface area (Å²) in [5.74, 6) is 0.184. The van der Waals surface area contributed by atoms with Gasteiger partial charge in [-0.2, -0.15) is 0 Å². The predicted octanol–water partition coefficient (Wildman–Crippen LogP) is 6.40. The summed E-state index contributed by atoms with van der Waals surface area (Å²) >= 11 is 3.43. The lowest BCUT2D eigenvalue weighted by Gasteiger charge is -2.21. The van der Waals surface area contributed by atoms with Gasteiger partial charge in [-0.25, -0.2) is 4.79 Å². The molecule has 1 heterocycles. The fourth-order valence-electron chi connectivity index (χ4n) is 2.98. The minimum Gasteiger partial charge on any atom is -0.425 e. The largest absolute Gasteiger partial charge is 0.425 e. The van der Waals surface area contributed by atoms with E-state index in [1.54, 1.807) is 11.0 Å². The molecule has 0 radical (unpaired) electrons. The van der Waals surface area contributed by atoms with Crippen LogP contribution in [0.4, 0.5) is 4.79 Å². The SMILES string of the molecule is O=C(Oc1cc2cc(Br)ccc2o1)N(Cc1ccccc1)Cc1ccccc1. The first-order chi connectivity index (χ1) is 13.7. The number of hydrogen-bond acceptors (Lipinski definition) is 3. The number of fused-ring (bicyclic) bond motifs is 1. The molecule has 0 aliphatic carbocycles. The topological polar surface area (TPSA) is 42.7 Å². The number of nitrogens with zero attached hydrogens (tertiary/aromatic N) is 1. The van der Waals surface area contributed by atoms with Gasteiger partial charge in [0, 0.05) is 29.0 Å². The standard InChI is InChI=1S/C23H18BrNO3/c24-20-11-12-21-19(13-20)14-22(27-21)28-23(26)25(15-17-7-3-1-4-8-17)16-18-9-5-2-6-10-18/h1-14H,15-16H2. The lowest BCUT2D eigenvalue weighted by molar-refractivity contribution is 0.136. The highest BCUT2D eigenvalue weighted by molar-refractivity contribution is 9.10. The van der Waals surface area contributed by atoms with Gasteiger partial charge in [0.2, 0.25) is 0 Å². The summed E-state index contributed by atoms with van der Waals surface area (Å²) in [6, 6.07) is 27.1. The number of benzene rings is 3. The zero-order valence-electron chi connectivity index (χ0n) is 15.0. The highest BCUT2D eigenvalue weighted by Crippen LogP contribution is 2.28. The van der Waals surface area contributed by atoms with Gasteiger partial charge in [-0.3, -0.25) is 4.90 Å². The van der Waals surface area contributed by atoms with Gasteiger partial charge in [-0.15, -0.1) is 0 Å². The zero-order chi connectivity index (χ0) is 19.3. The van der Waals surface area contributed by atoms with Crippen LogP contribution in [0.1, 0.15) is 11.1 Å². The van der Waals surface area contributed by atoms with Gasteiger partial charge < -0.3 is 9.15 Å². The van der Waals surface area contributed by atoms with Crippen LogP contribution in [-0.2, 0) is 13.1 Å². The smallest absolute Gasteiger partial charge is 0.418 e. The van der Waals surface area contributed by atoms with Crippen molar-refractivity contribution in [2.75, 3.05) is 0 Å². The minimum atomic E-state index is -0.453. The Morgan fingerprint density at radius 3 is 2.07 bits per heavy atom. The molecule has 0 N–H and O–H groups in total. The fraction of sp³-hybridized carbons (Fsp3) is 0.0870. The fourth-order valence-corrected chi connectivity index (χ4v) is 3.36. The van der Waals surface area contributed by atoms with Crippen LogP contribution in [0, 0.1) is 0 Å². The van der Waals surface area contributed by atoms with Crippen molar-refractivity contribution in [2.24, 2.45) is 0 Å². The van der Waals surface area contributed by atoms with E-state index in [-0.39, 0.29) is 5.95 Å². The van der Waals surface area contributed by atoms with Gasteiger partial charge >= 0.3 is 6.09 Å². The second kappa shape index (κ2) is 8.31. The maximum atomic E-state index is 12.9. The van der Waals surface area contributed by atoms with E-state index < -0.39 is 6.09 Å². The van der Waals surface area contributed by atoms with E-state index in [0.717, 1.165) is 21.0 Å². The monoisotopic (exact) mass is 435 g/mol. The van der Waals surface area contributed by atoms with E-state index in [2.05, 4.69) is 15.9 Å². The highest BCUT2D eigenvalue weighted by Gasteiger charge is 2.19. The molecular weight excluding hydrogens is 418 g/mol. The summed E-state index contributed by atoms with van der Waals surface area (Å²) in [7, 11) is 0. The van der Waals surface area contributed by atoms with Gasteiger partial charge in [0.05, 0.1) is 0 Å². The van der Waals surface area contributed by atoms with Crippen molar-refractivity contribution in [1.82, 2.24) is 4.90 Å². The molecule has 4 aromatic rings. The normalized spacial score (nSPS) is 10.8. The first-order valence-corrected chi connectivity index (χ1v) is 9.70. The van der Waals surface area contributed by atoms with E-state index >= 15 is 0 Å². The Balaban J connectivity index is 1.55. The van der Waals surface area contributed by atoms with E-state index in [0.29, 0.717) is 18.7 Å². The first-order valence-electron chi connectivity index (χ1n) is 8.91. The average Bonchev–Trinajstić information content (AvgIpc) is 3.10. The van der Waals surface area contributed by atoms with Crippen LogP contribution in [0.3, 0.4) is 0 Å². The molecule has 5 heteroatoms. The number of carbonyl (C=O) groups excluding carboxylic acids is 1. The van der Waals surface area contributed by atoms with E-state index in [1.807, 2.05) is 78.9 Å². The lowest BCUT2D eigenvalue weighted by atomic mass is 10.2. The third-order valence-corrected chi connectivity index (χ3v) is 4.83. The molecule has 0 saturated carbocycles. The molecule has 0 spiro atoms. The Hall–Kier alpha value is -3.05. The van der Waals surface area contributed by atoms with Crippen molar-refractivity contribution in [1.29, 1.82) is 0 Å². The molecule has 3 aromatic carbocycles.